The van der Waals surface area contributed by atoms with Crippen LogP contribution >= 0.6 is 0 Å². The Kier molecular flexibility index (Phi) is 4.20. The molecule has 1 aromatic carbocycles. The number of para-hydroxylation sites is 1. The Morgan fingerprint density at radius 3 is 2.94 bits per heavy atom. The molecule has 0 saturated carbocycles. The number of aliphatic hydroxyl groups is 1. The lowest BCUT2D eigenvalue weighted by Gasteiger charge is -2.17. The maximum Gasteiger partial charge on any atom is 0.227 e. The van der Waals surface area contributed by atoms with E-state index in [2.05, 4.69) is 0 Å². The van der Waals surface area contributed by atoms with E-state index in [1.807, 2.05) is 29.2 Å². The van der Waals surface area contributed by atoms with Crippen molar-refractivity contribution in [2.24, 2.45) is 5.92 Å². The molecule has 0 radical (unpaired) electrons. The summed E-state index contributed by atoms with van der Waals surface area (Å²) in [5, 5.41) is 8.90. The fourth-order valence-electron chi connectivity index (χ4n) is 2.45. The van der Waals surface area contributed by atoms with Crippen LogP contribution in [0.15, 0.2) is 24.3 Å². The van der Waals surface area contributed by atoms with Gasteiger partial charge in [0.15, 0.2) is 0 Å². The minimum Gasteiger partial charge on any atom is -0.398 e. The smallest absolute Gasteiger partial charge is 0.227 e. The van der Waals surface area contributed by atoms with E-state index >= 15 is 0 Å². The molecule has 1 amide bonds. The fraction of sp³-hybridized carbons (Fsp3) is 0.500. The summed E-state index contributed by atoms with van der Waals surface area (Å²) in [5.74, 6) is 0.584. The molecule has 1 fully saturated rings. The number of nitrogens with zero attached hydrogens (tertiary/aromatic N) is 1. The van der Waals surface area contributed by atoms with E-state index in [-0.39, 0.29) is 12.5 Å². The molecule has 1 heterocycles. The Morgan fingerprint density at radius 1 is 1.44 bits per heavy atom. The maximum atomic E-state index is 12.1. The second-order valence-corrected chi connectivity index (χ2v) is 4.88. The molecule has 1 unspecified atom stereocenters. The van der Waals surface area contributed by atoms with Crippen molar-refractivity contribution < 1.29 is 9.90 Å². The third-order valence-electron chi connectivity index (χ3n) is 3.57. The van der Waals surface area contributed by atoms with Crippen LogP contribution in [0.3, 0.4) is 0 Å². The van der Waals surface area contributed by atoms with Crippen LogP contribution in [0.5, 0.6) is 0 Å². The average molecular weight is 248 g/mol. The number of aliphatic hydroxyl groups excluding tert-OH is 1. The van der Waals surface area contributed by atoms with E-state index in [4.69, 9.17) is 10.8 Å². The summed E-state index contributed by atoms with van der Waals surface area (Å²) in [4.78, 5) is 14.0. The zero-order chi connectivity index (χ0) is 13.0. The van der Waals surface area contributed by atoms with Crippen molar-refractivity contribution in [1.29, 1.82) is 0 Å². The quantitative estimate of drug-likeness (QED) is 0.782. The predicted octanol–water partition coefficient (Wildman–Crippen LogP) is 1.04. The van der Waals surface area contributed by atoms with Crippen molar-refractivity contribution in [3.63, 3.8) is 0 Å². The lowest BCUT2D eigenvalue weighted by molar-refractivity contribution is -0.129. The van der Waals surface area contributed by atoms with Crippen molar-refractivity contribution in [3.05, 3.63) is 29.8 Å². The van der Waals surface area contributed by atoms with Crippen molar-refractivity contribution in [1.82, 2.24) is 4.90 Å². The number of likely N-dealkylation sites (tertiary alicyclic amines) is 1. The number of carbonyl (C=O) groups is 1. The minimum atomic E-state index is 0.133. The first kappa shape index (κ1) is 12.9. The van der Waals surface area contributed by atoms with Gasteiger partial charge in [-0.3, -0.25) is 4.79 Å². The molecule has 0 bridgehead atoms. The van der Waals surface area contributed by atoms with Gasteiger partial charge in [0, 0.05) is 25.4 Å². The Morgan fingerprint density at radius 2 is 2.22 bits per heavy atom. The molecular formula is C14H20N2O2. The molecule has 3 N–H and O–H groups in total. The van der Waals surface area contributed by atoms with E-state index in [0.29, 0.717) is 18.0 Å². The third kappa shape index (κ3) is 3.01. The minimum absolute atomic E-state index is 0.133. The second kappa shape index (κ2) is 5.87. The SMILES string of the molecule is Nc1ccccc1CC(=O)N1CCC(CCO)C1. The topological polar surface area (TPSA) is 66.6 Å². The summed E-state index contributed by atoms with van der Waals surface area (Å²) in [6, 6.07) is 7.49. The number of anilines is 1. The van der Waals surface area contributed by atoms with Crippen LogP contribution in [0.2, 0.25) is 0 Å². The lowest BCUT2D eigenvalue weighted by atomic mass is 10.1. The van der Waals surface area contributed by atoms with Crippen molar-refractivity contribution in [2.45, 2.75) is 19.3 Å². The van der Waals surface area contributed by atoms with Gasteiger partial charge in [0.2, 0.25) is 5.91 Å². The highest BCUT2D eigenvalue weighted by atomic mass is 16.3. The van der Waals surface area contributed by atoms with Gasteiger partial charge in [-0.1, -0.05) is 18.2 Å². The number of rotatable bonds is 4. The summed E-state index contributed by atoms with van der Waals surface area (Å²) in [6.07, 6.45) is 2.16. The number of hydrogen-bond donors (Lipinski definition) is 2. The highest BCUT2D eigenvalue weighted by molar-refractivity contribution is 5.80. The largest absolute Gasteiger partial charge is 0.398 e. The van der Waals surface area contributed by atoms with Gasteiger partial charge in [-0.25, -0.2) is 0 Å². The maximum absolute atomic E-state index is 12.1. The first-order valence-electron chi connectivity index (χ1n) is 6.42. The van der Waals surface area contributed by atoms with Crippen LogP contribution in [0, 0.1) is 5.92 Å². The third-order valence-corrected chi connectivity index (χ3v) is 3.57. The summed E-state index contributed by atoms with van der Waals surface area (Å²) < 4.78 is 0. The average Bonchev–Trinajstić information content (AvgIpc) is 2.81. The van der Waals surface area contributed by atoms with Crippen molar-refractivity contribution >= 4 is 11.6 Å². The number of nitrogen functional groups attached to an aromatic ring is 1. The summed E-state index contributed by atoms with van der Waals surface area (Å²) in [5.41, 5.74) is 7.41. The molecule has 98 valence electrons. The number of nitrogens with two attached hydrogens (primary N) is 1. The zero-order valence-electron chi connectivity index (χ0n) is 10.5. The Hall–Kier alpha value is -1.55. The van der Waals surface area contributed by atoms with Crippen LogP contribution in [-0.2, 0) is 11.2 Å². The van der Waals surface area contributed by atoms with Gasteiger partial charge in [-0.05, 0) is 30.4 Å². The Balaban J connectivity index is 1.91. The molecule has 2 rings (SSSR count). The van der Waals surface area contributed by atoms with Gasteiger partial charge in [0.1, 0.15) is 0 Å². The Labute approximate surface area is 107 Å². The van der Waals surface area contributed by atoms with E-state index < -0.39 is 0 Å². The Bertz CT molecular complexity index is 420. The molecule has 0 aliphatic carbocycles. The lowest BCUT2D eigenvalue weighted by Crippen LogP contribution is -2.30. The molecular weight excluding hydrogens is 228 g/mol. The number of carbonyl (C=O) groups excluding carboxylic acids is 1. The van der Waals surface area contributed by atoms with Crippen LogP contribution in [0.1, 0.15) is 18.4 Å². The van der Waals surface area contributed by atoms with E-state index in [1.165, 1.54) is 0 Å². The molecule has 1 aliphatic rings. The van der Waals surface area contributed by atoms with Gasteiger partial charge < -0.3 is 15.7 Å². The molecule has 4 nitrogen and oxygen atoms in total. The predicted molar refractivity (Wildman–Crippen MR) is 70.9 cm³/mol. The summed E-state index contributed by atoms with van der Waals surface area (Å²) in [7, 11) is 0. The molecule has 1 aromatic rings. The highest BCUT2D eigenvalue weighted by Crippen LogP contribution is 2.21. The molecule has 1 saturated heterocycles. The fourth-order valence-corrected chi connectivity index (χ4v) is 2.45. The van der Waals surface area contributed by atoms with E-state index in [9.17, 15) is 4.79 Å². The van der Waals surface area contributed by atoms with Crippen molar-refractivity contribution in [2.75, 3.05) is 25.4 Å². The standard InChI is InChI=1S/C14H20N2O2/c15-13-4-2-1-3-12(13)9-14(18)16-7-5-11(10-16)6-8-17/h1-4,11,17H,5-10,15H2. The number of hydrogen-bond acceptors (Lipinski definition) is 3. The van der Waals surface area contributed by atoms with Gasteiger partial charge in [-0.2, -0.15) is 0 Å². The van der Waals surface area contributed by atoms with Gasteiger partial charge in [-0.15, -0.1) is 0 Å². The summed E-state index contributed by atoms with van der Waals surface area (Å²) in [6.45, 7) is 1.78. The monoisotopic (exact) mass is 248 g/mol. The molecule has 1 aliphatic heterocycles. The normalized spacial score (nSPS) is 19.2. The van der Waals surface area contributed by atoms with Gasteiger partial charge in [0.05, 0.1) is 6.42 Å². The molecule has 1 atom stereocenters. The first-order valence-corrected chi connectivity index (χ1v) is 6.42. The van der Waals surface area contributed by atoms with Crippen LogP contribution in [0.25, 0.3) is 0 Å². The number of amides is 1. The number of benzene rings is 1. The van der Waals surface area contributed by atoms with Crippen LogP contribution < -0.4 is 5.73 Å². The van der Waals surface area contributed by atoms with E-state index in [1.54, 1.807) is 0 Å². The second-order valence-electron chi connectivity index (χ2n) is 4.88. The first-order chi connectivity index (χ1) is 8.70. The highest BCUT2D eigenvalue weighted by Gasteiger charge is 2.25. The van der Waals surface area contributed by atoms with E-state index in [0.717, 1.165) is 31.5 Å². The van der Waals surface area contributed by atoms with Gasteiger partial charge in [0.25, 0.3) is 0 Å². The molecule has 18 heavy (non-hydrogen) atoms. The van der Waals surface area contributed by atoms with Crippen LogP contribution in [-0.4, -0.2) is 35.6 Å². The molecule has 4 heteroatoms. The van der Waals surface area contributed by atoms with Crippen LogP contribution in [0.4, 0.5) is 5.69 Å². The van der Waals surface area contributed by atoms with Crippen molar-refractivity contribution in [3.8, 4) is 0 Å². The zero-order valence-corrected chi connectivity index (χ0v) is 10.5. The molecule has 0 spiro atoms. The van der Waals surface area contributed by atoms with Gasteiger partial charge >= 0.3 is 0 Å². The summed E-state index contributed by atoms with van der Waals surface area (Å²) >= 11 is 0. The molecule has 0 aromatic heterocycles.